The summed E-state index contributed by atoms with van der Waals surface area (Å²) in [4.78, 5) is 0. The molecule has 0 heterocycles. The Morgan fingerprint density at radius 3 is 2.28 bits per heavy atom. The Balaban J connectivity index is 1.96. The third-order valence-electron chi connectivity index (χ3n) is 2.32. The summed E-state index contributed by atoms with van der Waals surface area (Å²) < 4.78 is 5.47. The van der Waals surface area contributed by atoms with Gasteiger partial charge < -0.3 is 10.1 Å². The van der Waals surface area contributed by atoms with Crippen molar-refractivity contribution in [2.24, 2.45) is 0 Å². The summed E-state index contributed by atoms with van der Waals surface area (Å²) in [6, 6.07) is 15.0. The largest absolute Gasteiger partial charge is 0.432 e. The van der Waals surface area contributed by atoms with E-state index in [1.807, 2.05) is 31.2 Å². The quantitative estimate of drug-likeness (QED) is 0.821. The molecule has 0 bridgehead atoms. The third kappa shape index (κ3) is 3.72. The van der Waals surface area contributed by atoms with Gasteiger partial charge in [-0.3, -0.25) is 0 Å². The lowest BCUT2D eigenvalue weighted by Crippen LogP contribution is -2.16. The number of aryl methyl sites for hydroxylation is 1. The van der Waals surface area contributed by atoms with E-state index < -0.39 is 0 Å². The van der Waals surface area contributed by atoms with Crippen molar-refractivity contribution in [1.82, 2.24) is 0 Å². The molecule has 0 fully saturated rings. The van der Waals surface area contributed by atoms with Gasteiger partial charge in [0, 0.05) is 10.7 Å². The number of anilines is 1. The molecule has 2 rings (SSSR count). The van der Waals surface area contributed by atoms with Crippen molar-refractivity contribution in [1.29, 1.82) is 0 Å². The minimum absolute atomic E-state index is 0.307. The predicted octanol–water partition coefficient (Wildman–Crippen LogP) is 4.42. The van der Waals surface area contributed by atoms with E-state index in [1.54, 1.807) is 24.3 Å². The first-order chi connectivity index (χ1) is 8.63. The van der Waals surface area contributed by atoms with E-state index in [-0.39, 0.29) is 0 Å². The molecule has 18 heavy (non-hydrogen) atoms. The van der Waals surface area contributed by atoms with Crippen LogP contribution < -0.4 is 10.1 Å². The molecule has 0 atom stereocenters. The highest BCUT2D eigenvalue weighted by atomic mass is 35.5. The van der Waals surface area contributed by atoms with Gasteiger partial charge in [-0.25, -0.2) is 0 Å². The zero-order valence-electron chi connectivity index (χ0n) is 9.81. The highest BCUT2D eigenvalue weighted by Gasteiger charge is 2.01. The van der Waals surface area contributed by atoms with Crippen LogP contribution in [0.3, 0.4) is 0 Å². The first-order valence-corrected chi connectivity index (χ1v) is 6.23. The van der Waals surface area contributed by atoms with Gasteiger partial charge in [-0.2, -0.15) is 0 Å². The molecule has 2 nitrogen and oxygen atoms in total. The van der Waals surface area contributed by atoms with Crippen LogP contribution in [0.1, 0.15) is 5.56 Å². The molecule has 0 aliphatic heterocycles. The van der Waals surface area contributed by atoms with Gasteiger partial charge >= 0.3 is 0 Å². The Labute approximate surface area is 117 Å². The molecule has 0 radical (unpaired) electrons. The van der Waals surface area contributed by atoms with Crippen LogP contribution >= 0.6 is 23.8 Å². The first-order valence-electron chi connectivity index (χ1n) is 5.44. The highest BCUT2D eigenvalue weighted by molar-refractivity contribution is 7.80. The van der Waals surface area contributed by atoms with Crippen LogP contribution in [0.4, 0.5) is 5.69 Å². The molecule has 0 saturated heterocycles. The van der Waals surface area contributed by atoms with Gasteiger partial charge in [-0.15, -0.1) is 0 Å². The van der Waals surface area contributed by atoms with E-state index in [4.69, 9.17) is 28.6 Å². The van der Waals surface area contributed by atoms with Gasteiger partial charge in [0.1, 0.15) is 5.75 Å². The fourth-order valence-corrected chi connectivity index (χ4v) is 1.73. The number of thiocarbonyl (C=S) groups is 1. The number of hydrogen-bond donors (Lipinski definition) is 1. The van der Waals surface area contributed by atoms with E-state index in [0.717, 1.165) is 5.69 Å². The van der Waals surface area contributed by atoms with Gasteiger partial charge in [0.25, 0.3) is 5.17 Å². The Kier molecular flexibility index (Phi) is 4.18. The number of nitrogens with one attached hydrogen (secondary N) is 1. The second-order valence-electron chi connectivity index (χ2n) is 3.83. The molecular formula is C14H12ClNOS. The van der Waals surface area contributed by atoms with E-state index in [0.29, 0.717) is 15.9 Å². The maximum absolute atomic E-state index is 5.79. The molecule has 0 saturated carbocycles. The van der Waals surface area contributed by atoms with Crippen molar-refractivity contribution in [2.45, 2.75) is 6.92 Å². The monoisotopic (exact) mass is 277 g/mol. The number of rotatable bonds is 2. The fourth-order valence-electron chi connectivity index (χ4n) is 1.39. The highest BCUT2D eigenvalue weighted by Crippen LogP contribution is 2.16. The maximum atomic E-state index is 5.79. The molecule has 0 amide bonds. The zero-order valence-corrected chi connectivity index (χ0v) is 11.4. The van der Waals surface area contributed by atoms with Gasteiger partial charge in [-0.05, 0) is 55.5 Å². The normalized spacial score (nSPS) is 9.89. The van der Waals surface area contributed by atoms with Crippen molar-refractivity contribution in [3.05, 3.63) is 59.1 Å². The number of hydrogen-bond acceptors (Lipinski definition) is 2. The Hall–Kier alpha value is -1.58. The van der Waals surface area contributed by atoms with E-state index in [2.05, 4.69) is 5.32 Å². The molecule has 0 unspecified atom stereocenters. The van der Waals surface area contributed by atoms with Crippen LogP contribution in [0.5, 0.6) is 5.75 Å². The lowest BCUT2D eigenvalue weighted by molar-refractivity contribution is 0.563. The van der Waals surface area contributed by atoms with Gasteiger partial charge in [0.05, 0.1) is 0 Å². The Morgan fingerprint density at radius 2 is 1.67 bits per heavy atom. The van der Waals surface area contributed by atoms with Crippen LogP contribution in [0.15, 0.2) is 48.5 Å². The van der Waals surface area contributed by atoms with Gasteiger partial charge in [0.15, 0.2) is 0 Å². The number of benzene rings is 2. The molecule has 0 aromatic heterocycles. The zero-order chi connectivity index (χ0) is 13.0. The molecule has 0 spiro atoms. The molecule has 4 heteroatoms. The lowest BCUT2D eigenvalue weighted by Gasteiger charge is -2.09. The van der Waals surface area contributed by atoms with Crippen LogP contribution in [0, 0.1) is 6.92 Å². The summed E-state index contributed by atoms with van der Waals surface area (Å²) in [6.45, 7) is 2.03. The Bertz CT molecular complexity index is 487. The average molecular weight is 278 g/mol. The lowest BCUT2D eigenvalue weighted by atomic mass is 10.2. The fraction of sp³-hybridized carbons (Fsp3) is 0.0714. The summed E-state index contributed by atoms with van der Waals surface area (Å²) in [5.74, 6) is 0.656. The molecule has 0 aliphatic rings. The topological polar surface area (TPSA) is 21.3 Å². The predicted molar refractivity (Wildman–Crippen MR) is 79.5 cm³/mol. The van der Waals surface area contributed by atoms with Crippen molar-refractivity contribution < 1.29 is 4.74 Å². The molecule has 2 aromatic rings. The number of halogens is 1. The number of ether oxygens (including phenoxy) is 1. The summed E-state index contributed by atoms with van der Waals surface area (Å²) in [7, 11) is 0. The average Bonchev–Trinajstić information content (AvgIpc) is 2.35. The first kappa shape index (κ1) is 12.9. The summed E-state index contributed by atoms with van der Waals surface area (Å²) >= 11 is 10.9. The molecule has 1 N–H and O–H groups in total. The van der Waals surface area contributed by atoms with Crippen LogP contribution in [-0.4, -0.2) is 5.17 Å². The van der Waals surface area contributed by atoms with Gasteiger partial charge in [0.2, 0.25) is 0 Å². The van der Waals surface area contributed by atoms with Crippen molar-refractivity contribution >= 4 is 34.7 Å². The maximum Gasteiger partial charge on any atom is 0.266 e. The van der Waals surface area contributed by atoms with E-state index >= 15 is 0 Å². The van der Waals surface area contributed by atoms with Crippen LogP contribution in [0.2, 0.25) is 5.02 Å². The smallest absolute Gasteiger partial charge is 0.266 e. The van der Waals surface area contributed by atoms with Gasteiger partial charge in [-0.1, -0.05) is 29.3 Å². The van der Waals surface area contributed by atoms with E-state index in [1.165, 1.54) is 5.56 Å². The minimum atomic E-state index is 0.307. The standard InChI is InChI=1S/C14H12ClNOS/c1-10-2-6-12(7-3-10)16-14(18)17-13-8-4-11(15)5-9-13/h2-9H,1H3,(H,16,18). The SMILES string of the molecule is Cc1ccc(NC(=S)Oc2ccc(Cl)cc2)cc1. The second kappa shape index (κ2) is 5.85. The third-order valence-corrected chi connectivity index (χ3v) is 2.76. The van der Waals surface area contributed by atoms with E-state index in [9.17, 15) is 0 Å². The molecule has 0 aliphatic carbocycles. The van der Waals surface area contributed by atoms with Crippen LogP contribution in [-0.2, 0) is 0 Å². The summed E-state index contributed by atoms with van der Waals surface area (Å²) in [5.41, 5.74) is 2.10. The summed E-state index contributed by atoms with van der Waals surface area (Å²) in [5, 5.41) is 3.98. The molecule has 2 aromatic carbocycles. The molecule has 92 valence electrons. The molecular weight excluding hydrogens is 266 g/mol. The van der Waals surface area contributed by atoms with Crippen molar-refractivity contribution in [2.75, 3.05) is 5.32 Å². The van der Waals surface area contributed by atoms with Crippen LogP contribution in [0.25, 0.3) is 0 Å². The second-order valence-corrected chi connectivity index (χ2v) is 4.64. The Morgan fingerprint density at radius 1 is 1.06 bits per heavy atom. The van der Waals surface area contributed by atoms with Crippen molar-refractivity contribution in [3.8, 4) is 5.75 Å². The minimum Gasteiger partial charge on any atom is -0.432 e. The summed E-state index contributed by atoms with van der Waals surface area (Å²) in [6.07, 6.45) is 0. The van der Waals surface area contributed by atoms with Crippen molar-refractivity contribution in [3.63, 3.8) is 0 Å².